The Morgan fingerprint density at radius 3 is 2.95 bits per heavy atom. The number of carbonyl (C=O) groups excluding carboxylic acids is 2. The maximum Gasteiger partial charge on any atom is 0.238 e. The molecule has 1 aromatic rings. The zero-order valence-corrected chi connectivity index (χ0v) is 11.6. The molecule has 0 spiro atoms. The summed E-state index contributed by atoms with van der Waals surface area (Å²) in [5.74, 6) is -0.293. The molecule has 1 heterocycles. The molecule has 2 amide bonds. The molecule has 5 nitrogen and oxygen atoms in total. The average Bonchev–Trinajstić information content (AvgIpc) is 2.35. The molecule has 2 rings (SSSR count). The summed E-state index contributed by atoms with van der Waals surface area (Å²) in [7, 11) is 0. The molecular weight excluding hydrogens is 289 g/mol. The predicted molar refractivity (Wildman–Crippen MR) is 74.5 cm³/mol. The molecule has 102 valence electrons. The van der Waals surface area contributed by atoms with Crippen molar-refractivity contribution in [3.8, 4) is 0 Å². The molecule has 2 N–H and O–H groups in total. The summed E-state index contributed by atoms with van der Waals surface area (Å²) >= 11 is 11.8. The van der Waals surface area contributed by atoms with Crippen molar-refractivity contribution in [2.24, 2.45) is 0 Å². The minimum Gasteiger partial charge on any atom is -0.354 e. The molecule has 0 aliphatic carbocycles. The molecule has 1 saturated heterocycles. The Bertz CT molecular complexity index is 508. The molecule has 0 bridgehead atoms. The van der Waals surface area contributed by atoms with E-state index in [1.807, 2.05) is 0 Å². The van der Waals surface area contributed by atoms with E-state index in [0.717, 1.165) is 0 Å². The fourth-order valence-corrected chi connectivity index (χ4v) is 2.17. The van der Waals surface area contributed by atoms with Gasteiger partial charge in [-0.1, -0.05) is 29.3 Å². The van der Waals surface area contributed by atoms with Gasteiger partial charge in [-0.15, -0.1) is 0 Å². The maximum atomic E-state index is 11.9. The molecule has 7 heteroatoms. The van der Waals surface area contributed by atoms with Gasteiger partial charge in [0, 0.05) is 13.1 Å². The van der Waals surface area contributed by atoms with Crippen molar-refractivity contribution in [3.63, 3.8) is 0 Å². The van der Waals surface area contributed by atoms with E-state index < -0.39 is 0 Å². The van der Waals surface area contributed by atoms with Gasteiger partial charge in [0.2, 0.25) is 11.8 Å². The van der Waals surface area contributed by atoms with E-state index >= 15 is 0 Å². The molecule has 0 radical (unpaired) electrons. The van der Waals surface area contributed by atoms with E-state index in [-0.39, 0.29) is 24.9 Å². The van der Waals surface area contributed by atoms with E-state index in [2.05, 4.69) is 10.6 Å². The van der Waals surface area contributed by atoms with Crippen LogP contribution in [0.15, 0.2) is 18.2 Å². The molecule has 1 aliphatic heterocycles. The van der Waals surface area contributed by atoms with Crippen LogP contribution in [0, 0.1) is 0 Å². The number of carbonyl (C=O) groups is 2. The Morgan fingerprint density at radius 1 is 1.42 bits per heavy atom. The van der Waals surface area contributed by atoms with Crippen molar-refractivity contribution in [1.29, 1.82) is 0 Å². The number of hydrogen-bond donors (Lipinski definition) is 2. The Labute approximate surface area is 120 Å². The Balaban J connectivity index is 1.94. The van der Waals surface area contributed by atoms with Crippen LogP contribution in [-0.2, 0) is 9.59 Å². The molecule has 0 aromatic heterocycles. The third-order valence-electron chi connectivity index (χ3n) is 2.71. The van der Waals surface area contributed by atoms with Crippen LogP contribution in [-0.4, -0.2) is 42.9 Å². The van der Waals surface area contributed by atoms with E-state index in [9.17, 15) is 9.59 Å². The van der Waals surface area contributed by atoms with Gasteiger partial charge >= 0.3 is 0 Å². The summed E-state index contributed by atoms with van der Waals surface area (Å²) in [5.41, 5.74) is 0.473. The van der Waals surface area contributed by atoms with Crippen LogP contribution in [0.4, 0.5) is 5.69 Å². The highest BCUT2D eigenvalue weighted by atomic mass is 35.5. The first-order valence-electron chi connectivity index (χ1n) is 5.79. The number of benzene rings is 1. The molecule has 1 aromatic carbocycles. The van der Waals surface area contributed by atoms with Crippen molar-refractivity contribution < 1.29 is 9.59 Å². The van der Waals surface area contributed by atoms with Crippen LogP contribution in [0.25, 0.3) is 0 Å². The first-order valence-corrected chi connectivity index (χ1v) is 6.55. The third-order valence-corrected chi connectivity index (χ3v) is 3.53. The standard InChI is InChI=1S/C12H13Cl2N3O2/c13-8-2-1-3-9(12(8)14)16-11(19)7-17-5-4-15-10(18)6-17/h1-3H,4-7H2,(H,15,18)(H,16,19). The fraction of sp³-hybridized carbons (Fsp3) is 0.333. The van der Waals surface area contributed by atoms with Gasteiger partial charge in [0.15, 0.2) is 0 Å². The van der Waals surface area contributed by atoms with Gasteiger partial charge in [0.1, 0.15) is 0 Å². The quantitative estimate of drug-likeness (QED) is 0.886. The van der Waals surface area contributed by atoms with Crippen LogP contribution < -0.4 is 10.6 Å². The van der Waals surface area contributed by atoms with Crippen LogP contribution in [0.3, 0.4) is 0 Å². The minimum atomic E-state index is -0.223. The van der Waals surface area contributed by atoms with Crippen LogP contribution in [0.2, 0.25) is 10.0 Å². The third kappa shape index (κ3) is 3.83. The van der Waals surface area contributed by atoms with Gasteiger partial charge in [-0.25, -0.2) is 0 Å². The number of rotatable bonds is 3. The molecule has 19 heavy (non-hydrogen) atoms. The molecule has 1 aliphatic rings. The summed E-state index contributed by atoms with van der Waals surface area (Å²) in [4.78, 5) is 24.8. The maximum absolute atomic E-state index is 11.9. The largest absolute Gasteiger partial charge is 0.354 e. The number of halogens is 2. The SMILES string of the molecule is O=C1CN(CC(=O)Nc2cccc(Cl)c2Cl)CCN1. The lowest BCUT2D eigenvalue weighted by atomic mass is 10.3. The van der Waals surface area contributed by atoms with Crippen LogP contribution >= 0.6 is 23.2 Å². The zero-order valence-electron chi connectivity index (χ0n) is 10.1. The molecule has 0 saturated carbocycles. The number of hydrogen-bond acceptors (Lipinski definition) is 3. The number of nitrogens with zero attached hydrogens (tertiary/aromatic N) is 1. The predicted octanol–water partition coefficient (Wildman–Crippen LogP) is 1.36. The van der Waals surface area contributed by atoms with Crippen molar-refractivity contribution >= 4 is 40.7 Å². The highest BCUT2D eigenvalue weighted by Gasteiger charge is 2.19. The van der Waals surface area contributed by atoms with E-state index in [0.29, 0.717) is 28.8 Å². The Hall–Kier alpha value is -1.30. The lowest BCUT2D eigenvalue weighted by molar-refractivity contribution is -0.125. The second-order valence-electron chi connectivity index (χ2n) is 4.21. The van der Waals surface area contributed by atoms with Crippen LogP contribution in [0.5, 0.6) is 0 Å². The molecule has 0 atom stereocenters. The number of piperazine rings is 1. The summed E-state index contributed by atoms with van der Waals surface area (Å²) in [5, 5.41) is 6.08. The second-order valence-corrected chi connectivity index (χ2v) is 5.00. The fourth-order valence-electron chi connectivity index (χ4n) is 1.82. The van der Waals surface area contributed by atoms with Gasteiger partial charge in [0.25, 0.3) is 0 Å². The summed E-state index contributed by atoms with van der Waals surface area (Å²) in [6.07, 6.45) is 0. The van der Waals surface area contributed by atoms with Gasteiger partial charge in [0.05, 0.1) is 28.8 Å². The van der Waals surface area contributed by atoms with Gasteiger partial charge in [-0.05, 0) is 12.1 Å². The van der Waals surface area contributed by atoms with Crippen molar-refractivity contribution in [2.75, 3.05) is 31.5 Å². The molecule has 1 fully saturated rings. The lowest BCUT2D eigenvalue weighted by Crippen LogP contribution is -2.49. The Kier molecular flexibility index (Phi) is 4.63. The smallest absolute Gasteiger partial charge is 0.238 e. The summed E-state index contributed by atoms with van der Waals surface area (Å²) in [6.45, 7) is 1.60. The van der Waals surface area contributed by atoms with Gasteiger partial charge < -0.3 is 10.6 Å². The monoisotopic (exact) mass is 301 g/mol. The first kappa shape index (κ1) is 14.1. The first-order chi connectivity index (χ1) is 9.06. The van der Waals surface area contributed by atoms with Crippen molar-refractivity contribution in [1.82, 2.24) is 10.2 Å². The highest BCUT2D eigenvalue weighted by molar-refractivity contribution is 6.43. The number of amides is 2. The topological polar surface area (TPSA) is 61.4 Å². The van der Waals surface area contributed by atoms with Crippen LogP contribution in [0.1, 0.15) is 0 Å². The van der Waals surface area contributed by atoms with E-state index in [1.54, 1.807) is 23.1 Å². The normalized spacial score (nSPS) is 16.0. The van der Waals surface area contributed by atoms with E-state index in [4.69, 9.17) is 23.2 Å². The average molecular weight is 302 g/mol. The van der Waals surface area contributed by atoms with Crippen molar-refractivity contribution in [3.05, 3.63) is 28.2 Å². The summed E-state index contributed by atoms with van der Waals surface area (Å²) in [6, 6.07) is 5.03. The Morgan fingerprint density at radius 2 is 2.21 bits per heavy atom. The molecule has 0 unspecified atom stereocenters. The van der Waals surface area contributed by atoms with Gasteiger partial charge in [-0.3, -0.25) is 14.5 Å². The number of anilines is 1. The zero-order chi connectivity index (χ0) is 13.8. The molecular formula is C12H13Cl2N3O2. The van der Waals surface area contributed by atoms with Gasteiger partial charge in [-0.2, -0.15) is 0 Å². The minimum absolute atomic E-state index is 0.0696. The second kappa shape index (κ2) is 6.23. The van der Waals surface area contributed by atoms with E-state index in [1.165, 1.54) is 0 Å². The lowest BCUT2D eigenvalue weighted by Gasteiger charge is -2.25. The number of nitrogens with one attached hydrogen (secondary N) is 2. The highest BCUT2D eigenvalue weighted by Crippen LogP contribution is 2.29. The van der Waals surface area contributed by atoms with Crippen molar-refractivity contribution in [2.45, 2.75) is 0 Å². The summed E-state index contributed by atoms with van der Waals surface area (Å²) < 4.78 is 0.